The molecule has 1 aliphatic heterocycles. The Morgan fingerprint density at radius 2 is 1.90 bits per heavy atom. The van der Waals surface area contributed by atoms with Gasteiger partial charge in [-0.3, -0.25) is 0 Å². The van der Waals surface area contributed by atoms with Crippen molar-refractivity contribution in [1.82, 2.24) is 19.9 Å². The number of hydrogen-bond donors (Lipinski definition) is 2. The van der Waals surface area contributed by atoms with Gasteiger partial charge in [0.05, 0.1) is 12.3 Å². The van der Waals surface area contributed by atoms with Crippen molar-refractivity contribution >= 4 is 21.8 Å². The van der Waals surface area contributed by atoms with Gasteiger partial charge in [0, 0.05) is 45.5 Å². The summed E-state index contributed by atoms with van der Waals surface area (Å²) in [4.78, 5) is 11.0. The first-order chi connectivity index (χ1) is 15.0. The molecule has 1 saturated heterocycles. The molecular formula is C22H32N6O2S. The minimum atomic E-state index is -3.33. The van der Waals surface area contributed by atoms with Crippen molar-refractivity contribution in [3.05, 3.63) is 59.8 Å². The fraction of sp³-hybridized carbons (Fsp3) is 0.455. The molecule has 0 aliphatic carbocycles. The van der Waals surface area contributed by atoms with E-state index in [0.717, 1.165) is 11.4 Å². The molecule has 168 valence electrons. The normalized spacial score (nSPS) is 15.7. The van der Waals surface area contributed by atoms with Crippen LogP contribution in [0.2, 0.25) is 0 Å². The number of nitrogens with zero attached hydrogens (tertiary/aromatic N) is 4. The molecule has 1 aromatic carbocycles. The van der Waals surface area contributed by atoms with Crippen LogP contribution in [0.3, 0.4) is 0 Å². The molecule has 2 heterocycles. The summed E-state index contributed by atoms with van der Waals surface area (Å²) in [7, 11) is -3.33. The van der Waals surface area contributed by atoms with Gasteiger partial charge in [0.15, 0.2) is 5.96 Å². The van der Waals surface area contributed by atoms with Crippen LogP contribution in [0.25, 0.3) is 0 Å². The van der Waals surface area contributed by atoms with Crippen molar-refractivity contribution in [3.63, 3.8) is 0 Å². The first kappa shape index (κ1) is 23.0. The molecule has 1 fully saturated rings. The highest BCUT2D eigenvalue weighted by Crippen LogP contribution is 2.14. The van der Waals surface area contributed by atoms with E-state index < -0.39 is 10.0 Å². The average Bonchev–Trinajstić information content (AvgIpc) is 2.78. The lowest BCUT2D eigenvalue weighted by Gasteiger charge is -2.34. The summed E-state index contributed by atoms with van der Waals surface area (Å²) >= 11 is 0. The van der Waals surface area contributed by atoms with Gasteiger partial charge >= 0.3 is 0 Å². The van der Waals surface area contributed by atoms with Crippen LogP contribution < -0.4 is 15.5 Å². The van der Waals surface area contributed by atoms with E-state index >= 15 is 0 Å². The highest BCUT2D eigenvalue weighted by molar-refractivity contribution is 7.89. The van der Waals surface area contributed by atoms with E-state index in [1.165, 1.54) is 5.56 Å². The van der Waals surface area contributed by atoms with Crippen LogP contribution in [0.1, 0.15) is 18.1 Å². The topological polar surface area (TPSA) is 89.9 Å². The monoisotopic (exact) mass is 444 g/mol. The van der Waals surface area contributed by atoms with E-state index in [9.17, 15) is 8.42 Å². The van der Waals surface area contributed by atoms with E-state index in [2.05, 4.69) is 44.6 Å². The second-order valence-electron chi connectivity index (χ2n) is 7.50. The van der Waals surface area contributed by atoms with Crippen LogP contribution >= 0.6 is 0 Å². The first-order valence-electron chi connectivity index (χ1n) is 10.7. The number of aromatic nitrogens is 1. The molecule has 8 nitrogen and oxygen atoms in total. The van der Waals surface area contributed by atoms with Gasteiger partial charge in [-0.1, -0.05) is 35.9 Å². The van der Waals surface area contributed by atoms with Gasteiger partial charge in [-0.25, -0.2) is 18.4 Å². The van der Waals surface area contributed by atoms with E-state index in [0.29, 0.717) is 51.8 Å². The maximum atomic E-state index is 12.8. The Hall–Kier alpha value is -2.65. The minimum absolute atomic E-state index is 0.0332. The number of pyridine rings is 1. The lowest BCUT2D eigenvalue weighted by molar-refractivity contribution is 0.384. The summed E-state index contributed by atoms with van der Waals surface area (Å²) in [5, 5.41) is 6.32. The van der Waals surface area contributed by atoms with Crippen LogP contribution in [0, 0.1) is 6.92 Å². The van der Waals surface area contributed by atoms with Crippen LogP contribution in [-0.4, -0.2) is 68.7 Å². The molecule has 0 radical (unpaired) electrons. The van der Waals surface area contributed by atoms with E-state index in [-0.39, 0.29) is 5.75 Å². The largest absolute Gasteiger partial charge is 0.357 e. The van der Waals surface area contributed by atoms with Crippen LogP contribution in [0.4, 0.5) is 5.82 Å². The Balaban J connectivity index is 1.49. The molecule has 31 heavy (non-hydrogen) atoms. The molecule has 2 aromatic rings. The van der Waals surface area contributed by atoms with Gasteiger partial charge < -0.3 is 15.5 Å². The molecule has 0 saturated carbocycles. The number of aryl methyl sites for hydroxylation is 1. The second kappa shape index (κ2) is 11.1. The van der Waals surface area contributed by atoms with Crippen LogP contribution in [-0.2, 0) is 16.6 Å². The molecule has 0 unspecified atom stereocenters. The summed E-state index contributed by atoms with van der Waals surface area (Å²) < 4.78 is 27.1. The second-order valence-corrected chi connectivity index (χ2v) is 9.59. The quantitative estimate of drug-likeness (QED) is 0.475. The molecule has 9 heteroatoms. The average molecular weight is 445 g/mol. The number of anilines is 1. The smallest absolute Gasteiger partial charge is 0.215 e. The molecular weight excluding hydrogens is 412 g/mol. The van der Waals surface area contributed by atoms with Gasteiger partial charge in [-0.2, -0.15) is 4.31 Å². The predicted molar refractivity (Wildman–Crippen MR) is 126 cm³/mol. The zero-order valence-corrected chi connectivity index (χ0v) is 19.1. The fourth-order valence-corrected chi connectivity index (χ4v) is 4.82. The molecule has 0 atom stereocenters. The van der Waals surface area contributed by atoms with Gasteiger partial charge in [0.2, 0.25) is 10.0 Å². The number of rotatable bonds is 8. The lowest BCUT2D eigenvalue weighted by Crippen LogP contribution is -2.50. The Morgan fingerprint density at radius 1 is 1.10 bits per heavy atom. The molecule has 0 spiro atoms. The Morgan fingerprint density at radius 3 is 2.58 bits per heavy atom. The van der Waals surface area contributed by atoms with Crippen molar-refractivity contribution in [1.29, 1.82) is 0 Å². The van der Waals surface area contributed by atoms with Crippen molar-refractivity contribution in [2.24, 2.45) is 4.99 Å². The maximum absolute atomic E-state index is 12.8. The maximum Gasteiger partial charge on any atom is 0.215 e. The van der Waals surface area contributed by atoms with Gasteiger partial charge in [0.1, 0.15) is 5.82 Å². The summed E-state index contributed by atoms with van der Waals surface area (Å²) in [5.74, 6) is 1.55. The summed E-state index contributed by atoms with van der Waals surface area (Å²) in [6.45, 7) is 7.83. The van der Waals surface area contributed by atoms with E-state index in [1.54, 1.807) is 10.5 Å². The number of benzene rings is 1. The van der Waals surface area contributed by atoms with Crippen molar-refractivity contribution in [3.8, 4) is 0 Å². The van der Waals surface area contributed by atoms with Gasteiger partial charge in [0.25, 0.3) is 0 Å². The number of guanidine groups is 1. The number of piperazine rings is 1. The number of nitrogens with one attached hydrogen (secondary N) is 2. The Bertz CT molecular complexity index is 957. The van der Waals surface area contributed by atoms with E-state index in [4.69, 9.17) is 0 Å². The molecule has 2 N–H and O–H groups in total. The number of aliphatic imine (C=N–C) groups is 1. The summed E-state index contributed by atoms with van der Waals surface area (Å²) in [6, 6.07) is 14.0. The lowest BCUT2D eigenvalue weighted by atomic mass is 10.1. The fourth-order valence-electron chi connectivity index (χ4n) is 3.49. The first-order valence-corrected chi connectivity index (χ1v) is 12.3. The van der Waals surface area contributed by atoms with Crippen molar-refractivity contribution in [2.45, 2.75) is 20.4 Å². The third-order valence-electron chi connectivity index (χ3n) is 5.10. The highest BCUT2D eigenvalue weighted by Gasteiger charge is 2.27. The molecule has 3 rings (SSSR count). The molecule has 0 bridgehead atoms. The highest BCUT2D eigenvalue weighted by atomic mass is 32.2. The van der Waals surface area contributed by atoms with E-state index in [1.807, 2.05) is 37.3 Å². The molecule has 0 amide bonds. The predicted octanol–water partition coefficient (Wildman–Crippen LogP) is 1.60. The Labute approximate surface area is 185 Å². The minimum Gasteiger partial charge on any atom is -0.357 e. The summed E-state index contributed by atoms with van der Waals surface area (Å²) in [6.07, 6.45) is 1.76. The van der Waals surface area contributed by atoms with Crippen LogP contribution in [0.15, 0.2) is 53.7 Å². The number of sulfonamides is 1. The summed E-state index contributed by atoms with van der Waals surface area (Å²) in [5.41, 5.74) is 2.32. The third kappa shape index (κ3) is 6.93. The van der Waals surface area contributed by atoms with Crippen molar-refractivity contribution in [2.75, 3.05) is 49.9 Å². The van der Waals surface area contributed by atoms with Crippen LogP contribution in [0.5, 0.6) is 0 Å². The zero-order chi connectivity index (χ0) is 22.1. The molecule has 1 aliphatic rings. The number of hydrogen-bond acceptors (Lipinski definition) is 5. The van der Waals surface area contributed by atoms with Gasteiger partial charge in [-0.15, -0.1) is 0 Å². The molecule has 1 aromatic heterocycles. The zero-order valence-electron chi connectivity index (χ0n) is 18.3. The van der Waals surface area contributed by atoms with Gasteiger partial charge in [-0.05, 0) is 31.5 Å². The third-order valence-corrected chi connectivity index (χ3v) is 6.98. The SMILES string of the molecule is CCNC(=NCc1cccc(C)c1)NCCS(=O)(=O)N1CCN(c2ccccn2)CC1. The Kier molecular flexibility index (Phi) is 8.25. The standard InChI is InChI=1S/C22H32N6O2S/c1-3-23-22(26-18-20-8-6-7-19(2)17-20)25-11-16-31(29,30)28-14-12-27(13-15-28)21-9-4-5-10-24-21/h4-10,17H,3,11-16,18H2,1-2H3,(H2,23,25,26). The van der Waals surface area contributed by atoms with Crippen molar-refractivity contribution < 1.29 is 8.42 Å².